The van der Waals surface area contributed by atoms with E-state index in [1.165, 1.54) is 42.4 Å². The fourth-order valence-electron chi connectivity index (χ4n) is 3.30. The number of hydrogen-bond acceptors (Lipinski definition) is 0. The lowest BCUT2D eigenvalue weighted by molar-refractivity contribution is 0.648. The summed E-state index contributed by atoms with van der Waals surface area (Å²) in [6, 6.07) is 19.7. The standard InChI is InChI=1S/C20H22/c1-2-17-15-18-12-6-7-13-20(18)19(17)14-8-11-16-9-4-3-5-10-16/h3-7,9-10,12-13,15,19H,2,8,11,14H2,1H3. The van der Waals surface area contributed by atoms with E-state index < -0.39 is 0 Å². The van der Waals surface area contributed by atoms with E-state index in [0.29, 0.717) is 5.92 Å². The smallest absolute Gasteiger partial charge is 0.00574 e. The van der Waals surface area contributed by atoms with E-state index in [-0.39, 0.29) is 0 Å². The maximum absolute atomic E-state index is 2.41. The van der Waals surface area contributed by atoms with Gasteiger partial charge in [0.15, 0.2) is 0 Å². The highest BCUT2D eigenvalue weighted by atomic mass is 14.3. The molecule has 0 nitrogen and oxygen atoms in total. The summed E-state index contributed by atoms with van der Waals surface area (Å²) in [5, 5.41) is 0. The molecule has 2 aromatic rings. The zero-order valence-electron chi connectivity index (χ0n) is 12.2. The van der Waals surface area contributed by atoms with Crippen LogP contribution in [0, 0.1) is 0 Å². The monoisotopic (exact) mass is 262 g/mol. The Bertz CT molecular complexity index is 592. The van der Waals surface area contributed by atoms with Crippen LogP contribution in [0.4, 0.5) is 0 Å². The van der Waals surface area contributed by atoms with Crippen molar-refractivity contribution in [3.05, 3.63) is 76.9 Å². The van der Waals surface area contributed by atoms with E-state index in [0.717, 1.165) is 0 Å². The Kier molecular flexibility index (Phi) is 4.01. The first-order valence-electron chi connectivity index (χ1n) is 7.72. The molecule has 0 saturated carbocycles. The quantitative estimate of drug-likeness (QED) is 0.658. The lowest BCUT2D eigenvalue weighted by Crippen LogP contribution is -2.00. The van der Waals surface area contributed by atoms with E-state index in [4.69, 9.17) is 0 Å². The van der Waals surface area contributed by atoms with Crippen LogP contribution in [0.1, 0.15) is 48.8 Å². The van der Waals surface area contributed by atoms with Gasteiger partial charge in [-0.1, -0.05) is 73.2 Å². The molecule has 0 fully saturated rings. The van der Waals surface area contributed by atoms with E-state index >= 15 is 0 Å². The molecule has 1 aliphatic carbocycles. The van der Waals surface area contributed by atoms with Crippen LogP contribution in [0.5, 0.6) is 0 Å². The van der Waals surface area contributed by atoms with Gasteiger partial charge < -0.3 is 0 Å². The average molecular weight is 262 g/mol. The van der Waals surface area contributed by atoms with Gasteiger partial charge in [0.1, 0.15) is 0 Å². The van der Waals surface area contributed by atoms with Crippen molar-refractivity contribution in [2.45, 2.75) is 38.5 Å². The van der Waals surface area contributed by atoms with Gasteiger partial charge in [0, 0.05) is 5.92 Å². The van der Waals surface area contributed by atoms with Gasteiger partial charge in [-0.25, -0.2) is 0 Å². The number of rotatable bonds is 5. The van der Waals surface area contributed by atoms with E-state index in [1.54, 1.807) is 5.57 Å². The molecule has 1 aliphatic rings. The van der Waals surface area contributed by atoms with Crippen molar-refractivity contribution in [1.29, 1.82) is 0 Å². The molecule has 0 N–H and O–H groups in total. The van der Waals surface area contributed by atoms with Gasteiger partial charge in [-0.15, -0.1) is 0 Å². The number of allylic oxidation sites excluding steroid dienone is 1. The lowest BCUT2D eigenvalue weighted by atomic mass is 9.89. The van der Waals surface area contributed by atoms with Gasteiger partial charge >= 0.3 is 0 Å². The largest absolute Gasteiger partial charge is 0.0624 e. The molecular formula is C20H22. The minimum atomic E-state index is 0.653. The van der Waals surface area contributed by atoms with Gasteiger partial charge in [0.2, 0.25) is 0 Å². The highest BCUT2D eigenvalue weighted by Gasteiger charge is 2.22. The molecule has 1 atom stereocenters. The molecule has 0 heterocycles. The summed E-state index contributed by atoms with van der Waals surface area (Å²) in [5.74, 6) is 0.653. The topological polar surface area (TPSA) is 0 Å². The Morgan fingerprint density at radius 1 is 0.900 bits per heavy atom. The number of fused-ring (bicyclic) bond motifs is 1. The molecule has 1 unspecified atom stereocenters. The van der Waals surface area contributed by atoms with Crippen molar-refractivity contribution < 1.29 is 0 Å². The van der Waals surface area contributed by atoms with Gasteiger partial charge in [-0.2, -0.15) is 0 Å². The number of hydrogen-bond donors (Lipinski definition) is 0. The molecule has 3 rings (SSSR count). The van der Waals surface area contributed by atoms with Crippen LogP contribution in [0.3, 0.4) is 0 Å². The Balaban J connectivity index is 1.66. The molecule has 0 spiro atoms. The minimum Gasteiger partial charge on any atom is -0.0624 e. The highest BCUT2D eigenvalue weighted by molar-refractivity contribution is 5.66. The van der Waals surface area contributed by atoms with Crippen LogP contribution in [-0.4, -0.2) is 0 Å². The zero-order chi connectivity index (χ0) is 13.8. The second kappa shape index (κ2) is 6.09. The molecule has 0 radical (unpaired) electrons. The average Bonchev–Trinajstić information content (AvgIpc) is 2.87. The first-order chi connectivity index (χ1) is 9.88. The van der Waals surface area contributed by atoms with E-state index in [1.807, 2.05) is 0 Å². The Labute approximate surface area is 122 Å². The summed E-state index contributed by atoms with van der Waals surface area (Å²) in [6.45, 7) is 2.28. The summed E-state index contributed by atoms with van der Waals surface area (Å²) in [6.07, 6.45) is 7.30. The highest BCUT2D eigenvalue weighted by Crippen LogP contribution is 2.40. The maximum atomic E-state index is 2.41. The van der Waals surface area contributed by atoms with Crippen molar-refractivity contribution in [3.8, 4) is 0 Å². The third-order valence-electron chi connectivity index (χ3n) is 4.37. The van der Waals surface area contributed by atoms with Gasteiger partial charge in [-0.05, 0) is 42.4 Å². The second-order valence-electron chi connectivity index (χ2n) is 5.63. The van der Waals surface area contributed by atoms with Crippen LogP contribution in [0.2, 0.25) is 0 Å². The Morgan fingerprint density at radius 3 is 2.45 bits per heavy atom. The third-order valence-corrected chi connectivity index (χ3v) is 4.37. The second-order valence-corrected chi connectivity index (χ2v) is 5.63. The van der Waals surface area contributed by atoms with Crippen LogP contribution in [0.15, 0.2) is 60.2 Å². The molecule has 0 bridgehead atoms. The van der Waals surface area contributed by atoms with Crippen LogP contribution < -0.4 is 0 Å². The van der Waals surface area contributed by atoms with Gasteiger partial charge in [-0.3, -0.25) is 0 Å². The zero-order valence-corrected chi connectivity index (χ0v) is 12.2. The molecular weight excluding hydrogens is 240 g/mol. The molecule has 0 saturated heterocycles. The molecule has 102 valence electrons. The first kappa shape index (κ1) is 13.2. The van der Waals surface area contributed by atoms with Crippen LogP contribution in [0.25, 0.3) is 6.08 Å². The predicted molar refractivity (Wildman–Crippen MR) is 86.8 cm³/mol. The van der Waals surface area contributed by atoms with Crippen LogP contribution >= 0.6 is 0 Å². The molecule has 20 heavy (non-hydrogen) atoms. The minimum absolute atomic E-state index is 0.653. The molecule has 0 heteroatoms. The Hall–Kier alpha value is -1.82. The maximum Gasteiger partial charge on any atom is 0.00574 e. The molecule has 2 aromatic carbocycles. The van der Waals surface area contributed by atoms with Crippen LogP contribution in [-0.2, 0) is 6.42 Å². The summed E-state index contributed by atoms with van der Waals surface area (Å²) in [4.78, 5) is 0. The molecule has 0 amide bonds. The summed E-state index contributed by atoms with van der Waals surface area (Å²) < 4.78 is 0. The van der Waals surface area contributed by atoms with Crippen molar-refractivity contribution >= 4 is 6.08 Å². The molecule has 0 aliphatic heterocycles. The normalized spacial score (nSPS) is 16.9. The summed E-state index contributed by atoms with van der Waals surface area (Å²) in [7, 11) is 0. The van der Waals surface area contributed by atoms with Crippen molar-refractivity contribution in [1.82, 2.24) is 0 Å². The van der Waals surface area contributed by atoms with Gasteiger partial charge in [0.25, 0.3) is 0 Å². The predicted octanol–water partition coefficient (Wildman–Crippen LogP) is 5.60. The Morgan fingerprint density at radius 2 is 1.65 bits per heavy atom. The van der Waals surface area contributed by atoms with E-state index in [9.17, 15) is 0 Å². The SMILES string of the molecule is CCC1=Cc2ccccc2C1CCCc1ccccc1. The summed E-state index contributed by atoms with van der Waals surface area (Å²) in [5.41, 5.74) is 6.05. The van der Waals surface area contributed by atoms with Crippen molar-refractivity contribution in [2.24, 2.45) is 0 Å². The summed E-state index contributed by atoms with van der Waals surface area (Å²) >= 11 is 0. The van der Waals surface area contributed by atoms with Gasteiger partial charge in [0.05, 0.1) is 0 Å². The molecule has 0 aromatic heterocycles. The van der Waals surface area contributed by atoms with E-state index in [2.05, 4.69) is 67.6 Å². The number of aryl methyl sites for hydroxylation is 1. The fourth-order valence-corrected chi connectivity index (χ4v) is 3.30. The number of benzene rings is 2. The third kappa shape index (κ3) is 2.70. The van der Waals surface area contributed by atoms with Crippen molar-refractivity contribution in [2.75, 3.05) is 0 Å². The lowest BCUT2D eigenvalue weighted by Gasteiger charge is -2.16. The van der Waals surface area contributed by atoms with Crippen molar-refractivity contribution in [3.63, 3.8) is 0 Å². The fraction of sp³-hybridized carbons (Fsp3) is 0.300. The first-order valence-corrected chi connectivity index (χ1v) is 7.72.